The summed E-state index contributed by atoms with van der Waals surface area (Å²) in [7, 11) is 0. The summed E-state index contributed by atoms with van der Waals surface area (Å²) in [6, 6.07) is 27.3. The standard InChI is InChI=1S/C26H25NO4/c28-25(27-23(19-31-26(27)29)16-20-8-3-1-4-9-20)15-14-21-12-7-13-24(17-21)30-18-22-10-5-2-6-11-22/h1-13,17,23H,14-16,18-19H2/t23-/m0/s1. The molecular formula is C26H25NO4. The number of hydrogen-bond acceptors (Lipinski definition) is 4. The van der Waals surface area contributed by atoms with Gasteiger partial charge >= 0.3 is 6.09 Å². The van der Waals surface area contributed by atoms with Gasteiger partial charge in [-0.3, -0.25) is 4.79 Å². The van der Waals surface area contributed by atoms with Gasteiger partial charge in [-0.05, 0) is 41.7 Å². The van der Waals surface area contributed by atoms with Crippen molar-refractivity contribution in [1.82, 2.24) is 4.90 Å². The number of benzene rings is 3. The van der Waals surface area contributed by atoms with Gasteiger partial charge in [-0.2, -0.15) is 0 Å². The van der Waals surface area contributed by atoms with Crippen molar-refractivity contribution in [3.05, 3.63) is 102 Å². The molecule has 0 N–H and O–H groups in total. The summed E-state index contributed by atoms with van der Waals surface area (Å²) >= 11 is 0. The predicted octanol–water partition coefficient (Wildman–Crippen LogP) is 4.79. The van der Waals surface area contributed by atoms with Crippen LogP contribution in [0.25, 0.3) is 0 Å². The van der Waals surface area contributed by atoms with E-state index in [4.69, 9.17) is 9.47 Å². The van der Waals surface area contributed by atoms with E-state index in [-0.39, 0.29) is 25.0 Å². The van der Waals surface area contributed by atoms with Crippen molar-refractivity contribution in [3.63, 3.8) is 0 Å². The van der Waals surface area contributed by atoms with E-state index in [0.29, 0.717) is 19.4 Å². The Kier molecular flexibility index (Phi) is 6.62. The van der Waals surface area contributed by atoms with E-state index in [0.717, 1.165) is 22.4 Å². The van der Waals surface area contributed by atoms with Crippen LogP contribution in [0, 0.1) is 0 Å². The molecule has 1 saturated heterocycles. The first-order valence-corrected chi connectivity index (χ1v) is 10.5. The molecule has 1 atom stereocenters. The number of ether oxygens (including phenoxy) is 2. The van der Waals surface area contributed by atoms with E-state index in [2.05, 4.69) is 0 Å². The molecule has 3 aromatic rings. The molecule has 0 radical (unpaired) electrons. The molecular weight excluding hydrogens is 390 g/mol. The lowest BCUT2D eigenvalue weighted by atomic mass is 10.0. The van der Waals surface area contributed by atoms with Crippen LogP contribution in [0.3, 0.4) is 0 Å². The summed E-state index contributed by atoms with van der Waals surface area (Å²) in [4.78, 5) is 26.3. The average Bonchev–Trinajstić information content (AvgIpc) is 3.17. The Morgan fingerprint density at radius 3 is 2.32 bits per heavy atom. The molecule has 0 spiro atoms. The number of hydrogen-bond donors (Lipinski definition) is 0. The second-order valence-corrected chi connectivity index (χ2v) is 7.61. The minimum absolute atomic E-state index is 0.209. The Morgan fingerprint density at radius 2 is 1.58 bits per heavy atom. The van der Waals surface area contributed by atoms with Crippen molar-refractivity contribution < 1.29 is 19.1 Å². The van der Waals surface area contributed by atoms with Gasteiger partial charge in [0.1, 0.15) is 19.0 Å². The number of nitrogens with zero attached hydrogens (tertiary/aromatic N) is 1. The molecule has 0 unspecified atom stereocenters. The maximum absolute atomic E-state index is 12.8. The van der Waals surface area contributed by atoms with E-state index in [1.165, 1.54) is 4.90 Å². The van der Waals surface area contributed by atoms with Crippen LogP contribution in [0.1, 0.15) is 23.1 Å². The van der Waals surface area contributed by atoms with Gasteiger partial charge in [0.05, 0.1) is 6.04 Å². The lowest BCUT2D eigenvalue weighted by molar-refractivity contribution is -0.129. The molecule has 2 amide bonds. The highest BCUT2D eigenvalue weighted by atomic mass is 16.6. The van der Waals surface area contributed by atoms with Crippen molar-refractivity contribution in [2.45, 2.75) is 31.9 Å². The van der Waals surface area contributed by atoms with Gasteiger partial charge in [-0.1, -0.05) is 72.8 Å². The van der Waals surface area contributed by atoms with E-state index >= 15 is 0 Å². The monoisotopic (exact) mass is 415 g/mol. The molecule has 1 aliphatic rings. The van der Waals surface area contributed by atoms with E-state index in [1.54, 1.807) is 0 Å². The molecule has 5 nitrogen and oxygen atoms in total. The van der Waals surface area contributed by atoms with Gasteiger partial charge in [0.15, 0.2) is 0 Å². The normalized spacial score (nSPS) is 15.5. The molecule has 1 aliphatic heterocycles. The fourth-order valence-electron chi connectivity index (χ4n) is 3.71. The minimum Gasteiger partial charge on any atom is -0.489 e. The summed E-state index contributed by atoms with van der Waals surface area (Å²) < 4.78 is 11.0. The highest BCUT2D eigenvalue weighted by molar-refractivity contribution is 5.93. The zero-order valence-corrected chi connectivity index (χ0v) is 17.3. The summed E-state index contributed by atoms with van der Waals surface area (Å²) in [5.41, 5.74) is 3.16. The number of amides is 2. The lowest BCUT2D eigenvalue weighted by Crippen LogP contribution is -2.40. The first kappa shape index (κ1) is 20.7. The Labute approximate surface area is 182 Å². The van der Waals surface area contributed by atoms with Crippen LogP contribution in [0.15, 0.2) is 84.9 Å². The molecule has 3 aromatic carbocycles. The van der Waals surface area contributed by atoms with Gasteiger partial charge < -0.3 is 9.47 Å². The molecule has 1 heterocycles. The SMILES string of the molecule is O=C(CCc1cccc(OCc2ccccc2)c1)N1C(=O)OC[C@@H]1Cc1ccccc1. The fraction of sp³-hybridized carbons (Fsp3) is 0.231. The third-order valence-electron chi connectivity index (χ3n) is 5.32. The highest BCUT2D eigenvalue weighted by Gasteiger charge is 2.37. The van der Waals surface area contributed by atoms with Crippen LogP contribution in [-0.2, 0) is 29.0 Å². The molecule has 0 saturated carbocycles. The molecule has 31 heavy (non-hydrogen) atoms. The molecule has 4 rings (SSSR count). The molecule has 0 bridgehead atoms. The van der Waals surface area contributed by atoms with E-state index < -0.39 is 6.09 Å². The first-order valence-electron chi connectivity index (χ1n) is 10.5. The van der Waals surface area contributed by atoms with Crippen molar-refractivity contribution in [1.29, 1.82) is 0 Å². The van der Waals surface area contributed by atoms with Crippen LogP contribution < -0.4 is 4.74 Å². The lowest BCUT2D eigenvalue weighted by Gasteiger charge is -2.19. The zero-order chi connectivity index (χ0) is 21.5. The number of aryl methyl sites for hydroxylation is 1. The van der Waals surface area contributed by atoms with Crippen molar-refractivity contribution in [2.75, 3.05) is 6.61 Å². The number of imide groups is 1. The van der Waals surface area contributed by atoms with Crippen LogP contribution in [-0.4, -0.2) is 29.5 Å². The molecule has 158 valence electrons. The topological polar surface area (TPSA) is 55.8 Å². The van der Waals surface area contributed by atoms with E-state index in [1.807, 2.05) is 84.9 Å². The summed E-state index contributed by atoms with van der Waals surface area (Å²) in [6.45, 7) is 0.728. The van der Waals surface area contributed by atoms with Crippen LogP contribution >= 0.6 is 0 Å². The number of rotatable bonds is 8. The summed E-state index contributed by atoms with van der Waals surface area (Å²) in [6.07, 6.45) is 0.818. The van der Waals surface area contributed by atoms with Crippen LogP contribution in [0.5, 0.6) is 5.75 Å². The fourth-order valence-corrected chi connectivity index (χ4v) is 3.71. The zero-order valence-electron chi connectivity index (χ0n) is 17.3. The largest absolute Gasteiger partial charge is 0.489 e. The van der Waals surface area contributed by atoms with Gasteiger partial charge in [-0.15, -0.1) is 0 Å². The van der Waals surface area contributed by atoms with Crippen molar-refractivity contribution >= 4 is 12.0 Å². The van der Waals surface area contributed by atoms with Gasteiger partial charge in [0, 0.05) is 6.42 Å². The second kappa shape index (κ2) is 9.94. The average molecular weight is 415 g/mol. The number of carbonyl (C=O) groups excluding carboxylic acids is 2. The Balaban J connectivity index is 1.33. The molecule has 0 aliphatic carbocycles. The molecule has 0 aromatic heterocycles. The Bertz CT molecular complexity index is 1020. The minimum atomic E-state index is -0.550. The van der Waals surface area contributed by atoms with Crippen LogP contribution in [0.4, 0.5) is 4.79 Å². The summed E-state index contributed by atoms with van der Waals surface area (Å²) in [5.74, 6) is 0.551. The quantitative estimate of drug-likeness (QED) is 0.531. The number of cyclic esters (lactones) is 1. The Morgan fingerprint density at radius 1 is 0.903 bits per heavy atom. The molecule has 1 fully saturated rings. The molecule has 5 heteroatoms. The van der Waals surface area contributed by atoms with Crippen molar-refractivity contribution in [3.8, 4) is 5.75 Å². The van der Waals surface area contributed by atoms with E-state index in [9.17, 15) is 9.59 Å². The van der Waals surface area contributed by atoms with Crippen molar-refractivity contribution in [2.24, 2.45) is 0 Å². The maximum Gasteiger partial charge on any atom is 0.416 e. The Hall–Kier alpha value is -3.60. The highest BCUT2D eigenvalue weighted by Crippen LogP contribution is 2.21. The van der Waals surface area contributed by atoms with Gasteiger partial charge in [0.2, 0.25) is 5.91 Å². The number of carbonyl (C=O) groups is 2. The van der Waals surface area contributed by atoms with Crippen LogP contribution in [0.2, 0.25) is 0 Å². The first-order chi connectivity index (χ1) is 15.2. The van der Waals surface area contributed by atoms with Gasteiger partial charge in [0.25, 0.3) is 0 Å². The third kappa shape index (κ3) is 5.51. The summed E-state index contributed by atoms with van der Waals surface area (Å²) in [5, 5.41) is 0. The smallest absolute Gasteiger partial charge is 0.416 e. The third-order valence-corrected chi connectivity index (χ3v) is 5.32. The van der Waals surface area contributed by atoms with Gasteiger partial charge in [-0.25, -0.2) is 9.69 Å². The predicted molar refractivity (Wildman–Crippen MR) is 118 cm³/mol. The maximum atomic E-state index is 12.8. The second-order valence-electron chi connectivity index (χ2n) is 7.61.